The van der Waals surface area contributed by atoms with Crippen molar-refractivity contribution >= 4 is 28.9 Å². The van der Waals surface area contributed by atoms with Gasteiger partial charge >= 0.3 is 17.7 Å². The SMILES string of the molecule is CC[C@H](C)[C@@H](NC(=O)COC(=O)CCn1c(=O)oc2ccccc21)C(=O)OC. The van der Waals surface area contributed by atoms with Crippen molar-refractivity contribution in [2.45, 2.75) is 39.3 Å². The number of aryl methyl sites for hydroxylation is 1. The number of nitrogens with one attached hydrogen (secondary N) is 1. The van der Waals surface area contributed by atoms with Crippen LogP contribution in [0.25, 0.3) is 11.1 Å². The molecule has 0 saturated carbocycles. The maximum atomic E-state index is 12.0. The van der Waals surface area contributed by atoms with Gasteiger partial charge in [-0.3, -0.25) is 14.2 Å². The summed E-state index contributed by atoms with van der Waals surface area (Å²) in [4.78, 5) is 47.5. The third kappa shape index (κ3) is 5.21. The molecular weight excluding hydrogens is 368 g/mol. The van der Waals surface area contributed by atoms with Crippen LogP contribution in [0.3, 0.4) is 0 Å². The Morgan fingerprint density at radius 3 is 2.64 bits per heavy atom. The molecule has 0 spiro atoms. The summed E-state index contributed by atoms with van der Waals surface area (Å²) in [7, 11) is 1.24. The number of carbonyl (C=O) groups is 3. The molecule has 0 saturated heterocycles. The zero-order valence-electron chi connectivity index (χ0n) is 16.1. The van der Waals surface area contributed by atoms with Gasteiger partial charge in [-0.15, -0.1) is 0 Å². The normalized spacial score (nSPS) is 13.0. The van der Waals surface area contributed by atoms with E-state index in [1.54, 1.807) is 31.2 Å². The van der Waals surface area contributed by atoms with Gasteiger partial charge in [-0.1, -0.05) is 32.4 Å². The Balaban J connectivity index is 1.86. The first-order valence-electron chi connectivity index (χ1n) is 8.98. The number of hydrogen-bond donors (Lipinski definition) is 1. The molecule has 0 radical (unpaired) electrons. The van der Waals surface area contributed by atoms with E-state index in [2.05, 4.69) is 10.1 Å². The minimum absolute atomic E-state index is 0.0634. The van der Waals surface area contributed by atoms with E-state index in [1.165, 1.54) is 11.7 Å². The highest BCUT2D eigenvalue weighted by molar-refractivity contribution is 5.86. The van der Waals surface area contributed by atoms with Gasteiger partial charge in [0, 0.05) is 6.54 Å². The van der Waals surface area contributed by atoms with Gasteiger partial charge in [-0.05, 0) is 18.1 Å². The highest BCUT2D eigenvalue weighted by atomic mass is 16.5. The molecule has 28 heavy (non-hydrogen) atoms. The van der Waals surface area contributed by atoms with E-state index < -0.39 is 36.3 Å². The zero-order valence-corrected chi connectivity index (χ0v) is 16.1. The predicted octanol–water partition coefficient (Wildman–Crippen LogP) is 1.23. The van der Waals surface area contributed by atoms with E-state index in [9.17, 15) is 19.2 Å². The molecule has 1 aromatic heterocycles. The first-order chi connectivity index (χ1) is 13.4. The fourth-order valence-electron chi connectivity index (χ4n) is 2.66. The summed E-state index contributed by atoms with van der Waals surface area (Å²) in [6.07, 6.45) is 0.551. The number of esters is 2. The van der Waals surface area contributed by atoms with Crippen LogP contribution in [0.4, 0.5) is 0 Å². The summed E-state index contributed by atoms with van der Waals surface area (Å²) < 4.78 is 16.0. The van der Waals surface area contributed by atoms with Gasteiger partial charge in [-0.25, -0.2) is 9.59 Å². The number of para-hydroxylation sites is 2. The van der Waals surface area contributed by atoms with E-state index in [0.717, 1.165) is 0 Å². The quantitative estimate of drug-likeness (QED) is 0.638. The average Bonchev–Trinajstić information content (AvgIpc) is 3.02. The number of fused-ring (bicyclic) bond motifs is 1. The number of hydrogen-bond acceptors (Lipinski definition) is 7. The Labute approximate surface area is 161 Å². The van der Waals surface area contributed by atoms with E-state index in [0.29, 0.717) is 17.5 Å². The van der Waals surface area contributed by atoms with Crippen LogP contribution in [-0.2, 0) is 30.4 Å². The van der Waals surface area contributed by atoms with Gasteiger partial charge in [0.2, 0.25) is 0 Å². The lowest BCUT2D eigenvalue weighted by Gasteiger charge is -2.21. The highest BCUT2D eigenvalue weighted by Gasteiger charge is 2.27. The molecule has 1 N–H and O–H groups in total. The van der Waals surface area contributed by atoms with E-state index >= 15 is 0 Å². The van der Waals surface area contributed by atoms with Crippen molar-refractivity contribution in [1.82, 2.24) is 9.88 Å². The number of nitrogens with zero attached hydrogens (tertiary/aromatic N) is 1. The first-order valence-corrected chi connectivity index (χ1v) is 8.98. The van der Waals surface area contributed by atoms with E-state index in [4.69, 9.17) is 9.15 Å². The van der Waals surface area contributed by atoms with Crippen LogP contribution in [0.15, 0.2) is 33.5 Å². The van der Waals surface area contributed by atoms with Crippen LogP contribution < -0.4 is 11.1 Å². The van der Waals surface area contributed by atoms with Gasteiger partial charge in [0.05, 0.1) is 19.0 Å². The molecule has 2 rings (SSSR count). The second-order valence-corrected chi connectivity index (χ2v) is 6.35. The summed E-state index contributed by atoms with van der Waals surface area (Å²) in [5.74, 6) is -2.50. The molecule has 2 atom stereocenters. The summed E-state index contributed by atoms with van der Waals surface area (Å²) in [5, 5.41) is 2.52. The number of methoxy groups -OCH3 is 1. The summed E-state index contributed by atoms with van der Waals surface area (Å²) >= 11 is 0. The maximum Gasteiger partial charge on any atom is 0.419 e. The smallest absolute Gasteiger partial charge is 0.419 e. The Hall–Kier alpha value is -3.10. The summed E-state index contributed by atoms with van der Waals surface area (Å²) in [5.41, 5.74) is 1.01. The van der Waals surface area contributed by atoms with Gasteiger partial charge in [0.25, 0.3) is 5.91 Å². The molecule has 0 fully saturated rings. The second-order valence-electron chi connectivity index (χ2n) is 6.35. The maximum absolute atomic E-state index is 12.0. The van der Waals surface area contributed by atoms with Crippen LogP contribution >= 0.6 is 0 Å². The summed E-state index contributed by atoms with van der Waals surface area (Å²) in [6.45, 7) is 3.23. The Bertz CT molecular complexity index is 899. The number of amides is 1. The Morgan fingerprint density at radius 1 is 1.25 bits per heavy atom. The third-order valence-corrected chi connectivity index (χ3v) is 4.46. The molecule has 1 heterocycles. The molecule has 9 heteroatoms. The van der Waals surface area contributed by atoms with Gasteiger partial charge < -0.3 is 19.2 Å². The minimum atomic E-state index is -0.808. The number of benzene rings is 1. The van der Waals surface area contributed by atoms with Crippen molar-refractivity contribution in [2.75, 3.05) is 13.7 Å². The number of oxazole rings is 1. The lowest BCUT2D eigenvalue weighted by molar-refractivity contribution is -0.151. The molecular formula is C19H24N2O7. The molecule has 1 amide bonds. The van der Waals surface area contributed by atoms with E-state index in [-0.39, 0.29) is 18.9 Å². The standard InChI is InChI=1S/C19H24N2O7/c1-4-12(2)17(18(24)26-3)20-15(22)11-27-16(23)9-10-21-13-7-5-6-8-14(13)28-19(21)25/h5-8,12,17H,4,9-11H2,1-3H3,(H,20,22)/t12-,17+/m0/s1. The molecule has 0 bridgehead atoms. The van der Waals surface area contributed by atoms with Crippen molar-refractivity contribution in [1.29, 1.82) is 0 Å². The average molecular weight is 392 g/mol. The van der Waals surface area contributed by atoms with Gasteiger partial charge in [-0.2, -0.15) is 0 Å². The van der Waals surface area contributed by atoms with Crippen molar-refractivity contribution < 1.29 is 28.3 Å². The predicted molar refractivity (Wildman–Crippen MR) is 99.5 cm³/mol. The lowest BCUT2D eigenvalue weighted by atomic mass is 9.99. The van der Waals surface area contributed by atoms with Crippen molar-refractivity contribution in [2.24, 2.45) is 5.92 Å². The number of ether oxygens (including phenoxy) is 2. The molecule has 0 aliphatic rings. The summed E-state index contributed by atoms with van der Waals surface area (Å²) in [6, 6.07) is 6.05. The Kier molecular flexibility index (Phi) is 7.36. The van der Waals surface area contributed by atoms with Gasteiger partial charge in [0.1, 0.15) is 6.04 Å². The first kappa shape index (κ1) is 21.2. The molecule has 0 aliphatic heterocycles. The molecule has 2 aromatic rings. The van der Waals surface area contributed by atoms with Crippen LogP contribution in [0.1, 0.15) is 26.7 Å². The molecule has 0 unspecified atom stereocenters. The topological polar surface area (TPSA) is 117 Å². The van der Waals surface area contributed by atoms with Crippen molar-refractivity contribution in [3.63, 3.8) is 0 Å². The number of aromatic nitrogens is 1. The second kappa shape index (κ2) is 9.72. The molecule has 0 aliphatic carbocycles. The van der Waals surface area contributed by atoms with Gasteiger partial charge in [0.15, 0.2) is 12.2 Å². The third-order valence-electron chi connectivity index (χ3n) is 4.46. The number of carbonyl (C=O) groups excluding carboxylic acids is 3. The highest BCUT2D eigenvalue weighted by Crippen LogP contribution is 2.12. The van der Waals surface area contributed by atoms with Crippen molar-refractivity contribution in [3.8, 4) is 0 Å². The van der Waals surface area contributed by atoms with Crippen LogP contribution in [0, 0.1) is 5.92 Å². The molecule has 152 valence electrons. The lowest BCUT2D eigenvalue weighted by Crippen LogP contribution is -2.47. The fraction of sp³-hybridized carbons (Fsp3) is 0.474. The zero-order chi connectivity index (χ0) is 20.7. The van der Waals surface area contributed by atoms with Crippen LogP contribution in [0.2, 0.25) is 0 Å². The van der Waals surface area contributed by atoms with Crippen LogP contribution in [-0.4, -0.2) is 42.2 Å². The van der Waals surface area contributed by atoms with E-state index in [1.807, 2.05) is 6.92 Å². The molecule has 9 nitrogen and oxygen atoms in total. The minimum Gasteiger partial charge on any atom is -0.467 e. The fourth-order valence-corrected chi connectivity index (χ4v) is 2.66. The largest absolute Gasteiger partial charge is 0.467 e. The van der Waals surface area contributed by atoms with Crippen molar-refractivity contribution in [3.05, 3.63) is 34.8 Å². The molecule has 1 aromatic carbocycles. The monoisotopic (exact) mass is 392 g/mol. The van der Waals surface area contributed by atoms with Crippen LogP contribution in [0.5, 0.6) is 0 Å². The Morgan fingerprint density at radius 2 is 1.96 bits per heavy atom. The number of rotatable bonds is 9.